The van der Waals surface area contributed by atoms with Crippen molar-refractivity contribution in [2.45, 2.75) is 32.7 Å². The molecule has 1 aromatic carbocycles. The first kappa shape index (κ1) is 16.4. The van der Waals surface area contributed by atoms with Gasteiger partial charge >= 0.3 is 0 Å². The van der Waals surface area contributed by atoms with E-state index in [0.29, 0.717) is 11.4 Å². The Hall–Kier alpha value is -3.02. The Kier molecular flexibility index (Phi) is 4.24. The van der Waals surface area contributed by atoms with Gasteiger partial charge in [0.1, 0.15) is 5.69 Å². The highest BCUT2D eigenvalue weighted by Gasteiger charge is 2.33. The Morgan fingerprint density at radius 3 is 2.73 bits per heavy atom. The van der Waals surface area contributed by atoms with Gasteiger partial charge in [-0.3, -0.25) is 4.79 Å². The summed E-state index contributed by atoms with van der Waals surface area (Å²) in [6.45, 7) is 4.64. The van der Waals surface area contributed by atoms with Crippen molar-refractivity contribution in [3.8, 4) is 11.5 Å². The number of aromatic nitrogens is 4. The molecule has 0 unspecified atom stereocenters. The monoisotopic (exact) mass is 347 g/mol. The molecule has 0 aliphatic carbocycles. The van der Waals surface area contributed by atoms with Gasteiger partial charge in [0, 0.05) is 29.7 Å². The second-order valence-electron chi connectivity index (χ2n) is 6.69. The maximum absolute atomic E-state index is 12.9. The van der Waals surface area contributed by atoms with Gasteiger partial charge in [0.25, 0.3) is 5.91 Å². The van der Waals surface area contributed by atoms with Crippen LogP contribution in [-0.2, 0) is 0 Å². The lowest BCUT2D eigenvalue weighted by molar-refractivity contribution is 0.0729. The smallest absolute Gasteiger partial charge is 0.254 e. The van der Waals surface area contributed by atoms with E-state index in [1.165, 1.54) is 0 Å². The normalized spacial score (nSPS) is 16.8. The molecule has 6 heteroatoms. The van der Waals surface area contributed by atoms with Gasteiger partial charge in [0.15, 0.2) is 11.6 Å². The van der Waals surface area contributed by atoms with Gasteiger partial charge in [-0.25, -0.2) is 15.0 Å². The first-order chi connectivity index (χ1) is 12.6. The molecule has 4 rings (SSSR count). The minimum atomic E-state index is -0.0996. The summed E-state index contributed by atoms with van der Waals surface area (Å²) in [5, 5.41) is 0. The minimum absolute atomic E-state index is 0.0357. The molecule has 0 radical (unpaired) electrons. The van der Waals surface area contributed by atoms with Crippen LogP contribution in [0.4, 0.5) is 0 Å². The zero-order valence-electron chi connectivity index (χ0n) is 14.9. The molecular weight excluding hydrogens is 326 g/mol. The highest BCUT2D eigenvalue weighted by molar-refractivity contribution is 5.94. The summed E-state index contributed by atoms with van der Waals surface area (Å²) in [5.41, 5.74) is 3.33. The number of likely N-dealkylation sites (tertiary alicyclic amines) is 1. The number of rotatable bonds is 3. The van der Waals surface area contributed by atoms with Gasteiger partial charge in [-0.2, -0.15) is 0 Å². The molecule has 1 atom stereocenters. The molecule has 3 heterocycles. The van der Waals surface area contributed by atoms with Crippen LogP contribution in [0, 0.1) is 13.8 Å². The van der Waals surface area contributed by atoms with Crippen LogP contribution in [0.2, 0.25) is 0 Å². The standard InChI is InChI=1S/C20H21N5O/c1-13-11-16(18-21-12-14(2)23-18)24-19(22-13)17-9-6-10-25(17)20(26)15-7-4-3-5-8-15/h3-5,7-8,11-12,17H,6,9-10H2,1-2H3,(H,21,23)/t17-/m1/s1. The van der Waals surface area contributed by atoms with Gasteiger partial charge in [-0.05, 0) is 44.9 Å². The van der Waals surface area contributed by atoms with Crippen LogP contribution in [-0.4, -0.2) is 37.3 Å². The number of aryl methyl sites for hydroxylation is 2. The highest BCUT2D eigenvalue weighted by atomic mass is 16.2. The summed E-state index contributed by atoms with van der Waals surface area (Å²) in [4.78, 5) is 31.8. The molecule has 6 nitrogen and oxygen atoms in total. The first-order valence-electron chi connectivity index (χ1n) is 8.85. The van der Waals surface area contributed by atoms with Crippen LogP contribution < -0.4 is 0 Å². The highest BCUT2D eigenvalue weighted by Crippen LogP contribution is 2.32. The number of carbonyl (C=O) groups excluding carboxylic acids is 1. The number of benzene rings is 1. The molecule has 1 aliphatic heterocycles. The number of nitrogens with one attached hydrogen (secondary N) is 1. The van der Waals surface area contributed by atoms with Crippen LogP contribution in [0.5, 0.6) is 0 Å². The maximum Gasteiger partial charge on any atom is 0.254 e. The van der Waals surface area contributed by atoms with Crippen LogP contribution in [0.3, 0.4) is 0 Å². The zero-order valence-corrected chi connectivity index (χ0v) is 14.9. The minimum Gasteiger partial charge on any atom is -0.341 e. The van der Waals surface area contributed by atoms with Crippen molar-refractivity contribution in [3.05, 3.63) is 65.4 Å². The van der Waals surface area contributed by atoms with Crippen molar-refractivity contribution in [1.82, 2.24) is 24.8 Å². The average Bonchev–Trinajstić information content (AvgIpc) is 3.30. The molecule has 1 N–H and O–H groups in total. The second-order valence-corrected chi connectivity index (χ2v) is 6.69. The van der Waals surface area contributed by atoms with Gasteiger partial charge in [-0.15, -0.1) is 0 Å². The lowest BCUT2D eigenvalue weighted by atomic mass is 10.1. The third kappa shape index (κ3) is 3.10. The van der Waals surface area contributed by atoms with Gasteiger partial charge in [0.05, 0.1) is 6.04 Å². The van der Waals surface area contributed by atoms with Crippen molar-refractivity contribution in [1.29, 1.82) is 0 Å². The van der Waals surface area contributed by atoms with Gasteiger partial charge < -0.3 is 9.88 Å². The largest absolute Gasteiger partial charge is 0.341 e. The Morgan fingerprint density at radius 1 is 1.19 bits per heavy atom. The number of nitrogens with zero attached hydrogens (tertiary/aromatic N) is 4. The van der Waals surface area contributed by atoms with Crippen LogP contribution in [0.15, 0.2) is 42.6 Å². The number of hydrogen-bond donors (Lipinski definition) is 1. The molecule has 26 heavy (non-hydrogen) atoms. The van der Waals surface area contributed by atoms with Crippen molar-refractivity contribution in [3.63, 3.8) is 0 Å². The van der Waals surface area contributed by atoms with Crippen LogP contribution in [0.25, 0.3) is 11.5 Å². The number of hydrogen-bond acceptors (Lipinski definition) is 4. The second kappa shape index (κ2) is 6.71. The van der Waals surface area contributed by atoms with E-state index in [1.807, 2.05) is 55.1 Å². The first-order valence-corrected chi connectivity index (χ1v) is 8.85. The molecule has 1 saturated heterocycles. The predicted molar refractivity (Wildman–Crippen MR) is 98.5 cm³/mol. The lowest BCUT2D eigenvalue weighted by Gasteiger charge is -2.24. The van der Waals surface area contributed by atoms with Crippen LogP contribution >= 0.6 is 0 Å². The van der Waals surface area contributed by atoms with E-state index in [1.54, 1.807) is 6.20 Å². The summed E-state index contributed by atoms with van der Waals surface area (Å²) in [6.07, 6.45) is 3.61. The average molecular weight is 347 g/mol. The Morgan fingerprint density at radius 2 is 2.00 bits per heavy atom. The number of carbonyl (C=O) groups is 1. The van der Waals surface area contributed by atoms with Gasteiger partial charge in [0.2, 0.25) is 0 Å². The third-order valence-corrected chi connectivity index (χ3v) is 4.65. The molecular formula is C20H21N5O. The van der Waals surface area contributed by atoms with E-state index >= 15 is 0 Å². The maximum atomic E-state index is 12.9. The molecule has 1 aliphatic rings. The molecule has 1 fully saturated rings. The summed E-state index contributed by atoms with van der Waals surface area (Å²) in [6, 6.07) is 11.2. The van der Waals surface area contributed by atoms with Gasteiger partial charge in [-0.1, -0.05) is 18.2 Å². The molecule has 1 amide bonds. The Balaban J connectivity index is 1.68. The topological polar surface area (TPSA) is 74.8 Å². The quantitative estimate of drug-likeness (QED) is 0.787. The summed E-state index contributed by atoms with van der Waals surface area (Å²) in [7, 11) is 0. The molecule has 3 aromatic rings. The fourth-order valence-corrected chi connectivity index (χ4v) is 3.43. The lowest BCUT2D eigenvalue weighted by Crippen LogP contribution is -2.31. The zero-order chi connectivity index (χ0) is 18.1. The van der Waals surface area contributed by atoms with E-state index in [4.69, 9.17) is 4.98 Å². The van der Waals surface area contributed by atoms with E-state index in [2.05, 4.69) is 15.0 Å². The summed E-state index contributed by atoms with van der Waals surface area (Å²) >= 11 is 0. The SMILES string of the molecule is Cc1cc(-c2ncc(C)[nH]2)nc([C@H]2CCCN2C(=O)c2ccccc2)n1. The molecule has 0 spiro atoms. The number of H-pyrrole nitrogens is 1. The van der Waals surface area contributed by atoms with Crippen molar-refractivity contribution < 1.29 is 4.79 Å². The van der Waals surface area contributed by atoms with E-state index in [-0.39, 0.29) is 11.9 Å². The predicted octanol–water partition coefficient (Wildman–Crippen LogP) is 3.46. The van der Waals surface area contributed by atoms with E-state index < -0.39 is 0 Å². The van der Waals surface area contributed by atoms with E-state index in [0.717, 1.165) is 42.3 Å². The number of amides is 1. The van der Waals surface area contributed by atoms with Crippen molar-refractivity contribution >= 4 is 5.91 Å². The Bertz CT molecular complexity index is 934. The molecule has 2 aromatic heterocycles. The fraction of sp³-hybridized carbons (Fsp3) is 0.300. The number of aromatic amines is 1. The molecule has 132 valence electrons. The summed E-state index contributed by atoms with van der Waals surface area (Å²) in [5.74, 6) is 1.46. The van der Waals surface area contributed by atoms with Crippen molar-refractivity contribution in [2.24, 2.45) is 0 Å². The molecule has 0 saturated carbocycles. The van der Waals surface area contributed by atoms with Crippen LogP contribution in [0.1, 0.15) is 46.5 Å². The number of imidazole rings is 1. The fourth-order valence-electron chi connectivity index (χ4n) is 3.43. The third-order valence-electron chi connectivity index (χ3n) is 4.65. The Labute approximate surface area is 152 Å². The summed E-state index contributed by atoms with van der Waals surface area (Å²) < 4.78 is 0. The van der Waals surface area contributed by atoms with Crippen molar-refractivity contribution in [2.75, 3.05) is 6.54 Å². The molecule has 0 bridgehead atoms. The van der Waals surface area contributed by atoms with E-state index in [9.17, 15) is 4.79 Å².